The van der Waals surface area contributed by atoms with E-state index in [1.807, 2.05) is 0 Å². The monoisotopic (exact) mass is 424 g/mol. The van der Waals surface area contributed by atoms with Crippen LogP contribution in [0.2, 0.25) is 0 Å². The highest BCUT2D eigenvalue weighted by molar-refractivity contribution is 7.83. The van der Waals surface area contributed by atoms with Gasteiger partial charge in [0.1, 0.15) is 5.57 Å². The highest BCUT2D eigenvalue weighted by Gasteiger charge is 2.39. The molecular formula is C24H44N2O2S. The highest BCUT2D eigenvalue weighted by Crippen LogP contribution is 2.22. The molecule has 0 bridgehead atoms. The lowest BCUT2D eigenvalue weighted by atomic mass is 10.1. The van der Waals surface area contributed by atoms with E-state index >= 15 is 0 Å². The Morgan fingerprint density at radius 3 is 1.21 bits per heavy atom. The van der Waals surface area contributed by atoms with Crippen molar-refractivity contribution in [3.8, 4) is 0 Å². The first-order valence-electron chi connectivity index (χ1n) is 12.1. The summed E-state index contributed by atoms with van der Waals surface area (Å²) in [5.74, 6) is -0.347. The summed E-state index contributed by atoms with van der Waals surface area (Å²) in [6.07, 6.45) is 19.6. The Morgan fingerprint density at radius 1 is 0.586 bits per heavy atom. The molecule has 0 aromatic heterocycles. The molecule has 0 aromatic rings. The fourth-order valence-electron chi connectivity index (χ4n) is 3.93. The Morgan fingerprint density at radius 2 is 0.897 bits per heavy atom. The number of hydrazine groups is 1. The SMILES string of the molecule is CCCCCCCCCCN1C(=O)C(=CS)C(=O)N1CCCCCCCCCC. The Balaban J connectivity index is 2.31. The quantitative estimate of drug-likeness (QED) is 0.116. The van der Waals surface area contributed by atoms with Crippen molar-refractivity contribution in [3.63, 3.8) is 0 Å². The predicted octanol–water partition coefficient (Wildman–Crippen LogP) is 6.67. The maximum atomic E-state index is 12.6. The van der Waals surface area contributed by atoms with E-state index in [0.717, 1.165) is 25.7 Å². The van der Waals surface area contributed by atoms with Crippen LogP contribution in [0.15, 0.2) is 11.0 Å². The smallest absolute Gasteiger partial charge is 0.267 e. The van der Waals surface area contributed by atoms with Gasteiger partial charge in [0.25, 0.3) is 11.8 Å². The van der Waals surface area contributed by atoms with Gasteiger partial charge in [0.15, 0.2) is 0 Å². The molecule has 2 amide bonds. The zero-order chi connectivity index (χ0) is 21.3. The fourth-order valence-corrected chi connectivity index (χ4v) is 4.16. The van der Waals surface area contributed by atoms with Crippen LogP contribution in [0.1, 0.15) is 117 Å². The third kappa shape index (κ3) is 10.1. The van der Waals surface area contributed by atoms with E-state index < -0.39 is 0 Å². The lowest BCUT2D eigenvalue weighted by molar-refractivity contribution is -0.147. The molecule has 1 heterocycles. The van der Waals surface area contributed by atoms with Crippen LogP contribution in [-0.2, 0) is 9.59 Å². The maximum absolute atomic E-state index is 12.6. The molecule has 1 saturated heterocycles. The molecular weight excluding hydrogens is 380 g/mol. The molecule has 1 fully saturated rings. The van der Waals surface area contributed by atoms with Crippen LogP contribution in [0.3, 0.4) is 0 Å². The average Bonchev–Trinajstić information content (AvgIpc) is 2.95. The molecule has 0 unspecified atom stereocenters. The summed E-state index contributed by atoms with van der Waals surface area (Å²) in [5.41, 5.74) is 0.215. The van der Waals surface area contributed by atoms with Gasteiger partial charge in [-0.2, -0.15) is 12.6 Å². The normalized spacial score (nSPS) is 14.4. The van der Waals surface area contributed by atoms with Crippen molar-refractivity contribution in [3.05, 3.63) is 11.0 Å². The number of rotatable bonds is 18. The summed E-state index contributed by atoms with van der Waals surface area (Å²) in [6, 6.07) is 0. The molecule has 29 heavy (non-hydrogen) atoms. The zero-order valence-electron chi connectivity index (χ0n) is 19.0. The predicted molar refractivity (Wildman–Crippen MR) is 126 cm³/mol. The minimum Gasteiger partial charge on any atom is -0.267 e. The van der Waals surface area contributed by atoms with E-state index in [4.69, 9.17) is 0 Å². The number of nitrogens with zero attached hydrogens (tertiary/aromatic N) is 2. The summed E-state index contributed by atoms with van der Waals surface area (Å²) in [7, 11) is 0. The molecule has 0 radical (unpaired) electrons. The lowest BCUT2D eigenvalue weighted by Gasteiger charge is -2.27. The molecule has 1 aliphatic heterocycles. The van der Waals surface area contributed by atoms with Crippen LogP contribution in [0.5, 0.6) is 0 Å². The Bertz CT molecular complexity index is 453. The van der Waals surface area contributed by atoms with E-state index in [2.05, 4.69) is 26.5 Å². The molecule has 0 saturated carbocycles. The summed E-state index contributed by atoms with van der Waals surface area (Å²) in [6.45, 7) is 5.76. The topological polar surface area (TPSA) is 40.6 Å². The zero-order valence-corrected chi connectivity index (χ0v) is 19.9. The van der Waals surface area contributed by atoms with Crippen molar-refractivity contribution >= 4 is 24.4 Å². The summed E-state index contributed by atoms with van der Waals surface area (Å²) in [4.78, 5) is 25.2. The molecule has 5 heteroatoms. The average molecular weight is 425 g/mol. The second-order valence-corrected chi connectivity index (χ2v) is 8.61. The van der Waals surface area contributed by atoms with Crippen molar-refractivity contribution in [1.82, 2.24) is 10.0 Å². The standard InChI is InChI=1S/C24H44N2O2S/c1-3-5-7-9-11-13-15-17-19-25-23(27)22(21-29)24(28)26(25)20-18-16-14-12-10-8-6-4-2/h21,29H,3-20H2,1-2H3. The van der Waals surface area contributed by atoms with Gasteiger partial charge in [-0.3, -0.25) is 9.59 Å². The highest BCUT2D eigenvalue weighted by atomic mass is 32.1. The number of hydrogen-bond acceptors (Lipinski definition) is 3. The summed E-state index contributed by atoms with van der Waals surface area (Å²) < 4.78 is 0. The number of unbranched alkanes of at least 4 members (excludes halogenated alkanes) is 14. The molecule has 0 aliphatic carbocycles. The van der Waals surface area contributed by atoms with Crippen LogP contribution in [-0.4, -0.2) is 34.9 Å². The third-order valence-corrected chi connectivity index (χ3v) is 6.06. The van der Waals surface area contributed by atoms with E-state index in [0.29, 0.717) is 13.1 Å². The van der Waals surface area contributed by atoms with Crippen molar-refractivity contribution < 1.29 is 9.59 Å². The van der Waals surface area contributed by atoms with E-state index in [1.54, 1.807) is 10.0 Å². The second kappa shape index (κ2) is 16.8. The summed E-state index contributed by atoms with van der Waals surface area (Å²) >= 11 is 4.09. The minimum atomic E-state index is -0.174. The molecule has 0 spiro atoms. The fraction of sp³-hybridized carbons (Fsp3) is 0.833. The number of carbonyl (C=O) groups excluding carboxylic acids is 2. The van der Waals surface area contributed by atoms with Crippen molar-refractivity contribution in [2.75, 3.05) is 13.1 Å². The van der Waals surface area contributed by atoms with Crippen LogP contribution in [0.25, 0.3) is 0 Å². The molecule has 1 aliphatic rings. The van der Waals surface area contributed by atoms with Crippen molar-refractivity contribution in [2.45, 2.75) is 117 Å². The summed E-state index contributed by atoms with van der Waals surface area (Å²) in [5, 5.41) is 4.71. The molecule has 0 N–H and O–H groups in total. The second-order valence-electron chi connectivity index (χ2n) is 8.35. The van der Waals surface area contributed by atoms with Gasteiger partial charge in [0.05, 0.1) is 0 Å². The lowest BCUT2D eigenvalue weighted by Crippen LogP contribution is -2.42. The van der Waals surface area contributed by atoms with Gasteiger partial charge in [-0.15, -0.1) is 0 Å². The third-order valence-electron chi connectivity index (χ3n) is 5.80. The molecule has 4 nitrogen and oxygen atoms in total. The Labute approximate surface area is 184 Å². The van der Waals surface area contributed by atoms with Gasteiger partial charge < -0.3 is 0 Å². The van der Waals surface area contributed by atoms with Crippen molar-refractivity contribution in [2.24, 2.45) is 0 Å². The number of carbonyl (C=O) groups is 2. The van der Waals surface area contributed by atoms with Gasteiger partial charge >= 0.3 is 0 Å². The van der Waals surface area contributed by atoms with Gasteiger partial charge in [0, 0.05) is 13.1 Å². The van der Waals surface area contributed by atoms with E-state index in [-0.39, 0.29) is 17.4 Å². The number of hydrogen-bond donors (Lipinski definition) is 1. The van der Waals surface area contributed by atoms with Gasteiger partial charge in [-0.05, 0) is 18.2 Å². The Hall–Kier alpha value is -0.970. The van der Waals surface area contributed by atoms with E-state index in [1.165, 1.54) is 82.5 Å². The van der Waals surface area contributed by atoms with Gasteiger partial charge in [-0.25, -0.2) is 10.0 Å². The van der Waals surface area contributed by atoms with Crippen LogP contribution in [0.4, 0.5) is 0 Å². The van der Waals surface area contributed by atoms with E-state index in [9.17, 15) is 9.59 Å². The van der Waals surface area contributed by atoms with Crippen LogP contribution >= 0.6 is 12.6 Å². The molecule has 0 atom stereocenters. The maximum Gasteiger partial charge on any atom is 0.278 e. The first-order chi connectivity index (χ1) is 14.2. The van der Waals surface area contributed by atoms with Crippen molar-refractivity contribution in [1.29, 1.82) is 0 Å². The first kappa shape index (κ1) is 26.1. The van der Waals surface area contributed by atoms with Gasteiger partial charge in [0.2, 0.25) is 0 Å². The molecule has 0 aromatic carbocycles. The first-order valence-corrected chi connectivity index (χ1v) is 12.7. The van der Waals surface area contributed by atoms with Gasteiger partial charge in [-0.1, -0.05) is 104 Å². The number of thiol groups is 1. The minimum absolute atomic E-state index is 0.174. The number of amides is 2. The van der Waals surface area contributed by atoms with Crippen LogP contribution in [0, 0.1) is 0 Å². The molecule has 168 valence electrons. The Kier molecular flexibility index (Phi) is 15.1. The van der Waals surface area contributed by atoms with Crippen LogP contribution < -0.4 is 0 Å². The largest absolute Gasteiger partial charge is 0.278 e. The molecule has 1 rings (SSSR count).